The standard InChI is InChI=1S/C24H22N4O3/c1-31-21-14-12-19(13-15-21)16-27-22(25-20-10-6-3-7-11-20)26-23(29)28(24(27)30)17-18-8-4-2-5-9-18/h2-15H,16-17H2,1H3,(H,25,26,29). The third-order valence-electron chi connectivity index (χ3n) is 4.86. The van der Waals surface area contributed by atoms with Crippen LogP contribution in [0.3, 0.4) is 0 Å². The Morgan fingerprint density at radius 2 is 1.35 bits per heavy atom. The van der Waals surface area contributed by atoms with Crippen LogP contribution in [0, 0.1) is 0 Å². The van der Waals surface area contributed by atoms with Gasteiger partial charge >= 0.3 is 11.4 Å². The van der Waals surface area contributed by atoms with Crippen molar-refractivity contribution in [3.63, 3.8) is 0 Å². The van der Waals surface area contributed by atoms with Gasteiger partial charge in [0.15, 0.2) is 0 Å². The molecule has 0 bridgehead atoms. The van der Waals surface area contributed by atoms with Gasteiger partial charge in [-0.3, -0.25) is 4.57 Å². The Morgan fingerprint density at radius 3 is 2.00 bits per heavy atom. The lowest BCUT2D eigenvalue weighted by atomic mass is 10.2. The van der Waals surface area contributed by atoms with Gasteiger partial charge in [0.05, 0.1) is 20.2 Å². The van der Waals surface area contributed by atoms with Crippen molar-refractivity contribution < 1.29 is 4.74 Å². The number of benzene rings is 3. The number of nitrogens with zero attached hydrogens (tertiary/aromatic N) is 3. The zero-order chi connectivity index (χ0) is 21.6. The normalized spacial score (nSPS) is 10.6. The minimum absolute atomic E-state index is 0.153. The Morgan fingerprint density at radius 1 is 0.774 bits per heavy atom. The summed E-state index contributed by atoms with van der Waals surface area (Å²) < 4.78 is 7.83. The summed E-state index contributed by atoms with van der Waals surface area (Å²) in [4.78, 5) is 30.3. The highest BCUT2D eigenvalue weighted by atomic mass is 16.5. The molecule has 1 aromatic heterocycles. The van der Waals surface area contributed by atoms with E-state index in [1.165, 1.54) is 4.57 Å². The van der Waals surface area contributed by atoms with Crippen molar-refractivity contribution in [2.24, 2.45) is 0 Å². The summed E-state index contributed by atoms with van der Waals surface area (Å²) >= 11 is 0. The first-order valence-corrected chi connectivity index (χ1v) is 9.84. The van der Waals surface area contributed by atoms with Crippen LogP contribution >= 0.6 is 0 Å². The molecular weight excluding hydrogens is 392 g/mol. The van der Waals surface area contributed by atoms with Crippen molar-refractivity contribution >= 4 is 11.6 Å². The molecule has 0 aliphatic carbocycles. The van der Waals surface area contributed by atoms with E-state index in [0.29, 0.717) is 0 Å². The van der Waals surface area contributed by atoms with Crippen LogP contribution in [0.25, 0.3) is 0 Å². The predicted molar refractivity (Wildman–Crippen MR) is 120 cm³/mol. The molecule has 4 rings (SSSR count). The summed E-state index contributed by atoms with van der Waals surface area (Å²) in [6.45, 7) is 0.403. The van der Waals surface area contributed by atoms with Crippen molar-refractivity contribution in [3.8, 4) is 5.75 Å². The second kappa shape index (κ2) is 9.13. The predicted octanol–water partition coefficient (Wildman–Crippen LogP) is 3.25. The molecule has 0 aliphatic heterocycles. The maximum atomic E-state index is 13.4. The van der Waals surface area contributed by atoms with Crippen molar-refractivity contribution in [2.45, 2.75) is 13.1 Å². The van der Waals surface area contributed by atoms with E-state index < -0.39 is 11.4 Å². The number of hydrogen-bond acceptors (Lipinski definition) is 5. The van der Waals surface area contributed by atoms with Gasteiger partial charge in [-0.2, -0.15) is 4.98 Å². The lowest BCUT2D eigenvalue weighted by Crippen LogP contribution is -2.43. The number of ether oxygens (including phenoxy) is 1. The summed E-state index contributed by atoms with van der Waals surface area (Å²) in [5, 5.41) is 3.10. The molecule has 1 heterocycles. The van der Waals surface area contributed by atoms with Gasteiger partial charge in [-0.1, -0.05) is 60.7 Å². The number of anilines is 2. The number of rotatable bonds is 7. The monoisotopic (exact) mass is 414 g/mol. The van der Waals surface area contributed by atoms with E-state index >= 15 is 0 Å². The highest BCUT2D eigenvalue weighted by Gasteiger charge is 2.14. The van der Waals surface area contributed by atoms with Crippen LogP contribution in [0.15, 0.2) is 94.5 Å². The molecule has 7 nitrogen and oxygen atoms in total. The van der Waals surface area contributed by atoms with Crippen LogP contribution in [0.5, 0.6) is 5.75 Å². The molecular formula is C24H22N4O3. The van der Waals surface area contributed by atoms with E-state index in [9.17, 15) is 9.59 Å². The van der Waals surface area contributed by atoms with E-state index in [1.54, 1.807) is 7.11 Å². The fraction of sp³-hybridized carbons (Fsp3) is 0.125. The first-order valence-electron chi connectivity index (χ1n) is 9.84. The van der Waals surface area contributed by atoms with Gasteiger partial charge in [-0.25, -0.2) is 14.2 Å². The molecule has 1 N–H and O–H groups in total. The molecule has 0 fully saturated rings. The lowest BCUT2D eigenvalue weighted by molar-refractivity contribution is 0.414. The zero-order valence-corrected chi connectivity index (χ0v) is 17.1. The second-order valence-electron chi connectivity index (χ2n) is 7.00. The number of para-hydroxylation sites is 1. The molecule has 0 aliphatic rings. The number of aromatic nitrogens is 3. The molecule has 0 amide bonds. The zero-order valence-electron chi connectivity index (χ0n) is 17.1. The summed E-state index contributed by atoms with van der Waals surface area (Å²) in [5.74, 6) is 0.923. The number of nitrogens with one attached hydrogen (secondary N) is 1. The average Bonchev–Trinajstić information content (AvgIpc) is 2.81. The highest BCUT2D eigenvalue weighted by molar-refractivity contribution is 5.52. The van der Waals surface area contributed by atoms with Crippen LogP contribution < -0.4 is 21.4 Å². The number of methoxy groups -OCH3 is 1. The van der Waals surface area contributed by atoms with Gasteiger partial charge in [-0.05, 0) is 35.4 Å². The number of hydrogen-bond donors (Lipinski definition) is 1. The van der Waals surface area contributed by atoms with Gasteiger partial charge in [0.1, 0.15) is 5.75 Å². The molecule has 7 heteroatoms. The largest absolute Gasteiger partial charge is 0.497 e. The van der Waals surface area contributed by atoms with Gasteiger partial charge in [0.2, 0.25) is 5.95 Å². The van der Waals surface area contributed by atoms with Crippen LogP contribution in [0.4, 0.5) is 11.6 Å². The SMILES string of the molecule is COc1ccc(Cn2c(Nc3ccccc3)nc(=O)n(Cc3ccccc3)c2=O)cc1. The summed E-state index contributed by atoms with van der Waals surface area (Å²) in [6, 6.07) is 26.1. The summed E-state index contributed by atoms with van der Waals surface area (Å²) in [7, 11) is 1.60. The molecule has 4 aromatic rings. The van der Waals surface area contributed by atoms with Crippen molar-refractivity contribution in [3.05, 3.63) is 117 Å². The van der Waals surface area contributed by atoms with E-state index in [2.05, 4.69) is 10.3 Å². The molecule has 0 saturated carbocycles. The Hall–Kier alpha value is -4.13. The Bertz CT molecular complexity index is 1260. The molecule has 0 radical (unpaired) electrons. The lowest BCUT2D eigenvalue weighted by Gasteiger charge is -2.16. The third kappa shape index (κ3) is 4.72. The molecule has 156 valence electrons. The van der Waals surface area contributed by atoms with Crippen LogP contribution in [-0.2, 0) is 13.1 Å². The van der Waals surface area contributed by atoms with Gasteiger partial charge in [0.25, 0.3) is 0 Å². The fourth-order valence-electron chi connectivity index (χ4n) is 3.23. The molecule has 0 unspecified atom stereocenters. The van der Waals surface area contributed by atoms with Gasteiger partial charge in [-0.15, -0.1) is 0 Å². The fourth-order valence-corrected chi connectivity index (χ4v) is 3.23. The Balaban J connectivity index is 1.77. The topological polar surface area (TPSA) is 78.2 Å². The second-order valence-corrected chi connectivity index (χ2v) is 7.00. The van der Waals surface area contributed by atoms with E-state index in [-0.39, 0.29) is 19.0 Å². The first-order chi connectivity index (χ1) is 15.1. The maximum absolute atomic E-state index is 13.4. The van der Waals surface area contributed by atoms with E-state index in [0.717, 1.165) is 27.1 Å². The first kappa shape index (κ1) is 20.2. The quantitative estimate of drug-likeness (QED) is 0.502. The van der Waals surface area contributed by atoms with Crippen LogP contribution in [0.1, 0.15) is 11.1 Å². The van der Waals surface area contributed by atoms with Crippen LogP contribution in [0.2, 0.25) is 0 Å². The maximum Gasteiger partial charge on any atom is 0.355 e. The van der Waals surface area contributed by atoms with Crippen molar-refractivity contribution in [1.82, 2.24) is 14.1 Å². The smallest absolute Gasteiger partial charge is 0.355 e. The molecule has 0 saturated heterocycles. The molecule has 31 heavy (non-hydrogen) atoms. The average molecular weight is 414 g/mol. The van der Waals surface area contributed by atoms with Crippen molar-refractivity contribution in [1.29, 1.82) is 0 Å². The van der Waals surface area contributed by atoms with Crippen LogP contribution in [-0.4, -0.2) is 21.2 Å². The Kier molecular flexibility index (Phi) is 5.93. The van der Waals surface area contributed by atoms with E-state index in [4.69, 9.17) is 4.74 Å². The third-order valence-corrected chi connectivity index (χ3v) is 4.86. The van der Waals surface area contributed by atoms with Gasteiger partial charge < -0.3 is 10.1 Å². The summed E-state index contributed by atoms with van der Waals surface area (Å²) in [6.07, 6.45) is 0. The summed E-state index contributed by atoms with van der Waals surface area (Å²) in [5.41, 5.74) is 1.43. The minimum Gasteiger partial charge on any atom is -0.497 e. The molecule has 3 aromatic carbocycles. The van der Waals surface area contributed by atoms with Crippen molar-refractivity contribution in [2.75, 3.05) is 12.4 Å². The van der Waals surface area contributed by atoms with E-state index in [1.807, 2.05) is 84.9 Å². The highest BCUT2D eigenvalue weighted by Crippen LogP contribution is 2.15. The van der Waals surface area contributed by atoms with Gasteiger partial charge in [0, 0.05) is 5.69 Å². The molecule has 0 atom stereocenters. The molecule has 0 spiro atoms. The minimum atomic E-state index is -0.599. The Labute approximate surface area is 179 Å².